The minimum absolute atomic E-state index is 0.306. The Hall–Kier alpha value is -1.42. The maximum absolute atomic E-state index is 5.09. The van der Waals surface area contributed by atoms with Crippen LogP contribution in [0.25, 0.3) is 0 Å². The van der Waals surface area contributed by atoms with E-state index in [4.69, 9.17) is 4.74 Å². The molecule has 0 unspecified atom stereocenters. The van der Waals surface area contributed by atoms with Crippen molar-refractivity contribution in [3.8, 4) is 17.6 Å². The van der Waals surface area contributed by atoms with Gasteiger partial charge in [0.05, 0.1) is 7.11 Å². The van der Waals surface area contributed by atoms with Gasteiger partial charge in [-0.2, -0.15) is 0 Å². The van der Waals surface area contributed by atoms with Crippen LogP contribution in [0, 0.1) is 11.8 Å². The van der Waals surface area contributed by atoms with Gasteiger partial charge in [0.2, 0.25) is 0 Å². The molecule has 0 saturated heterocycles. The number of ether oxygens (including phenoxy) is 1. The molecule has 0 bridgehead atoms. The lowest BCUT2D eigenvalue weighted by Crippen LogP contribution is -1.90. The smallest absolute Gasteiger partial charge is 0.118 e. The van der Waals surface area contributed by atoms with Crippen LogP contribution in [-0.4, -0.2) is 7.11 Å². The monoisotopic (exact) mass is 188 g/mol. The van der Waals surface area contributed by atoms with Gasteiger partial charge >= 0.3 is 0 Å². The first-order chi connectivity index (χ1) is 6.77. The summed E-state index contributed by atoms with van der Waals surface area (Å²) < 4.78 is 5.09. The number of rotatable bonds is 2. The molecular weight excluding hydrogens is 172 g/mol. The molecule has 0 aromatic heterocycles. The van der Waals surface area contributed by atoms with Crippen molar-refractivity contribution in [3.05, 3.63) is 29.8 Å². The van der Waals surface area contributed by atoms with E-state index in [-0.39, 0.29) is 0 Å². The molecule has 0 amide bonds. The molecule has 0 aliphatic rings. The Bertz CT molecular complexity index is 326. The second kappa shape index (κ2) is 5.34. The highest BCUT2D eigenvalue weighted by Crippen LogP contribution is 2.18. The molecule has 14 heavy (non-hydrogen) atoms. The Morgan fingerprint density at radius 2 is 1.93 bits per heavy atom. The maximum atomic E-state index is 5.09. The topological polar surface area (TPSA) is 9.23 Å². The van der Waals surface area contributed by atoms with Crippen LogP contribution >= 0.6 is 0 Å². The van der Waals surface area contributed by atoms with Crippen molar-refractivity contribution in [2.24, 2.45) is 0 Å². The summed E-state index contributed by atoms with van der Waals surface area (Å²) in [4.78, 5) is 0. The quantitative estimate of drug-likeness (QED) is 0.647. The first-order valence-corrected chi connectivity index (χ1v) is 4.90. The van der Waals surface area contributed by atoms with E-state index in [2.05, 4.69) is 37.8 Å². The Balaban J connectivity index is 2.76. The molecule has 0 fully saturated rings. The van der Waals surface area contributed by atoms with Gasteiger partial charge in [0.1, 0.15) is 5.75 Å². The van der Waals surface area contributed by atoms with Crippen molar-refractivity contribution in [2.45, 2.75) is 26.2 Å². The van der Waals surface area contributed by atoms with E-state index in [0.29, 0.717) is 5.92 Å². The summed E-state index contributed by atoms with van der Waals surface area (Å²) in [5, 5.41) is 0. The lowest BCUT2D eigenvalue weighted by molar-refractivity contribution is 0.414. The largest absolute Gasteiger partial charge is 0.497 e. The van der Waals surface area contributed by atoms with Gasteiger partial charge in [-0.3, -0.25) is 0 Å². The predicted octanol–water partition coefficient (Wildman–Crippen LogP) is 3.21. The molecule has 0 heterocycles. The van der Waals surface area contributed by atoms with Gasteiger partial charge in [-0.1, -0.05) is 25.0 Å². The summed E-state index contributed by atoms with van der Waals surface area (Å²) in [6.45, 7) is 4.18. The van der Waals surface area contributed by atoms with Gasteiger partial charge in [0.15, 0.2) is 0 Å². The van der Waals surface area contributed by atoms with E-state index in [1.54, 1.807) is 7.11 Å². The van der Waals surface area contributed by atoms with Crippen LogP contribution in [-0.2, 0) is 0 Å². The fourth-order valence-corrected chi connectivity index (χ4v) is 1.23. The summed E-state index contributed by atoms with van der Waals surface area (Å²) in [5.41, 5.74) is 1.24. The van der Waals surface area contributed by atoms with Crippen molar-refractivity contribution >= 4 is 0 Å². The molecule has 1 aromatic carbocycles. The Morgan fingerprint density at radius 1 is 1.29 bits per heavy atom. The van der Waals surface area contributed by atoms with Crippen LogP contribution in [0.2, 0.25) is 0 Å². The Morgan fingerprint density at radius 3 is 2.43 bits per heavy atom. The molecule has 1 heteroatoms. The molecule has 1 nitrogen and oxygen atoms in total. The molecule has 0 saturated carbocycles. The van der Waals surface area contributed by atoms with Gasteiger partial charge < -0.3 is 4.74 Å². The van der Waals surface area contributed by atoms with Gasteiger partial charge in [-0.15, -0.1) is 5.92 Å². The third kappa shape index (κ3) is 2.81. The average Bonchev–Trinajstić information content (AvgIpc) is 2.26. The van der Waals surface area contributed by atoms with Gasteiger partial charge in [0, 0.05) is 12.3 Å². The van der Waals surface area contributed by atoms with E-state index in [0.717, 1.165) is 12.2 Å². The lowest BCUT2D eigenvalue weighted by Gasteiger charge is -2.05. The molecule has 0 radical (unpaired) electrons. The van der Waals surface area contributed by atoms with Crippen molar-refractivity contribution < 1.29 is 4.74 Å². The molecule has 0 N–H and O–H groups in total. The highest BCUT2D eigenvalue weighted by molar-refractivity contribution is 5.32. The molecule has 0 aliphatic heterocycles. The number of benzene rings is 1. The molecule has 0 spiro atoms. The summed E-state index contributed by atoms with van der Waals surface area (Å²) >= 11 is 0. The minimum Gasteiger partial charge on any atom is -0.497 e. The van der Waals surface area contributed by atoms with Crippen LogP contribution in [0.15, 0.2) is 24.3 Å². The van der Waals surface area contributed by atoms with E-state index >= 15 is 0 Å². The molecule has 1 atom stereocenters. The van der Waals surface area contributed by atoms with Gasteiger partial charge in [-0.25, -0.2) is 0 Å². The highest BCUT2D eigenvalue weighted by atomic mass is 16.5. The summed E-state index contributed by atoms with van der Waals surface area (Å²) in [6.07, 6.45) is 0.917. The molecule has 1 aromatic rings. The lowest BCUT2D eigenvalue weighted by atomic mass is 10.0. The Kier molecular flexibility index (Phi) is 4.07. The van der Waals surface area contributed by atoms with Crippen LogP contribution in [0.3, 0.4) is 0 Å². The molecule has 1 rings (SSSR count). The number of hydrogen-bond acceptors (Lipinski definition) is 1. The summed E-state index contributed by atoms with van der Waals surface area (Å²) in [5.74, 6) is 7.49. The van der Waals surface area contributed by atoms with E-state index in [1.165, 1.54) is 5.56 Å². The highest BCUT2D eigenvalue weighted by Gasteiger charge is 2.00. The zero-order chi connectivity index (χ0) is 10.4. The third-order valence-corrected chi connectivity index (χ3v) is 2.11. The molecular formula is C13H16O. The standard InChI is InChI=1S/C13H16O/c1-4-5-6-11(2)12-7-9-13(14-3)10-8-12/h7-11H,4H2,1-3H3/t11-/m0/s1. The second-order valence-electron chi connectivity index (χ2n) is 3.17. The van der Waals surface area contributed by atoms with Crippen molar-refractivity contribution in [3.63, 3.8) is 0 Å². The zero-order valence-electron chi connectivity index (χ0n) is 9.00. The maximum Gasteiger partial charge on any atom is 0.118 e. The van der Waals surface area contributed by atoms with E-state index in [1.807, 2.05) is 12.1 Å². The fourth-order valence-electron chi connectivity index (χ4n) is 1.23. The normalized spacial score (nSPS) is 11.4. The van der Waals surface area contributed by atoms with Crippen LogP contribution in [0.4, 0.5) is 0 Å². The van der Waals surface area contributed by atoms with Crippen molar-refractivity contribution in [2.75, 3.05) is 7.11 Å². The zero-order valence-corrected chi connectivity index (χ0v) is 9.00. The Labute approximate surface area is 86.1 Å². The van der Waals surface area contributed by atoms with E-state index in [9.17, 15) is 0 Å². The van der Waals surface area contributed by atoms with Gasteiger partial charge in [0.25, 0.3) is 0 Å². The van der Waals surface area contributed by atoms with Crippen LogP contribution < -0.4 is 4.74 Å². The second-order valence-corrected chi connectivity index (χ2v) is 3.17. The molecule has 74 valence electrons. The first kappa shape index (κ1) is 10.7. The predicted molar refractivity (Wildman–Crippen MR) is 59.5 cm³/mol. The van der Waals surface area contributed by atoms with Crippen LogP contribution in [0.1, 0.15) is 31.7 Å². The first-order valence-electron chi connectivity index (χ1n) is 4.90. The summed E-state index contributed by atoms with van der Waals surface area (Å²) in [6, 6.07) is 8.07. The SMILES string of the molecule is CCC#C[C@H](C)c1ccc(OC)cc1. The number of methoxy groups -OCH3 is 1. The fraction of sp³-hybridized carbons (Fsp3) is 0.385. The minimum atomic E-state index is 0.306. The summed E-state index contributed by atoms with van der Waals surface area (Å²) in [7, 11) is 1.68. The average molecular weight is 188 g/mol. The van der Waals surface area contributed by atoms with Crippen LogP contribution in [0.5, 0.6) is 5.75 Å². The molecule has 0 aliphatic carbocycles. The van der Waals surface area contributed by atoms with E-state index < -0.39 is 0 Å². The van der Waals surface area contributed by atoms with Crippen molar-refractivity contribution in [1.82, 2.24) is 0 Å². The number of hydrogen-bond donors (Lipinski definition) is 0. The van der Waals surface area contributed by atoms with Gasteiger partial charge in [-0.05, 0) is 24.6 Å². The van der Waals surface area contributed by atoms with Crippen molar-refractivity contribution in [1.29, 1.82) is 0 Å². The third-order valence-electron chi connectivity index (χ3n) is 2.11.